The van der Waals surface area contributed by atoms with E-state index in [0.717, 1.165) is 12.8 Å². The van der Waals surface area contributed by atoms with Gasteiger partial charge in [0.1, 0.15) is 12.0 Å². The second-order valence-corrected chi connectivity index (χ2v) is 5.92. The third-order valence-electron chi connectivity index (χ3n) is 4.09. The van der Waals surface area contributed by atoms with Gasteiger partial charge in [0.2, 0.25) is 0 Å². The van der Waals surface area contributed by atoms with Crippen LogP contribution >= 0.6 is 0 Å². The lowest BCUT2D eigenvalue weighted by Gasteiger charge is -2.28. The summed E-state index contributed by atoms with van der Waals surface area (Å²) in [5.41, 5.74) is -2.39. The molecule has 0 bridgehead atoms. The molecule has 2 N–H and O–H groups in total. The van der Waals surface area contributed by atoms with Crippen LogP contribution in [0.25, 0.3) is 0 Å². The number of hydrogen-bond donors (Lipinski definition) is 2. The molecule has 0 aliphatic carbocycles. The summed E-state index contributed by atoms with van der Waals surface area (Å²) in [6.45, 7) is 6.74. The van der Waals surface area contributed by atoms with Crippen molar-refractivity contribution in [3.05, 3.63) is 12.2 Å². The van der Waals surface area contributed by atoms with E-state index in [0.29, 0.717) is 26.1 Å². The van der Waals surface area contributed by atoms with Gasteiger partial charge in [-0.25, -0.2) is 4.79 Å². The quantitative estimate of drug-likeness (QED) is 0.240. The Morgan fingerprint density at radius 3 is 2.19 bits per heavy atom. The molecule has 0 saturated heterocycles. The molecule has 0 spiro atoms. The number of carboxylic acids is 2. The smallest absolute Gasteiger partial charge is 0.332 e. The van der Waals surface area contributed by atoms with Crippen LogP contribution in [0.5, 0.6) is 0 Å². The molecule has 150 valence electrons. The van der Waals surface area contributed by atoms with Crippen molar-refractivity contribution < 1.29 is 38.8 Å². The Balaban J connectivity index is 4.91. The van der Waals surface area contributed by atoms with Crippen LogP contribution in [0, 0.1) is 5.41 Å². The Kier molecular flexibility index (Phi) is 12.3. The molecule has 0 aromatic heterocycles. The average molecular weight is 374 g/mol. The number of rotatable bonds is 16. The first-order valence-corrected chi connectivity index (χ1v) is 8.70. The van der Waals surface area contributed by atoms with Crippen molar-refractivity contribution in [3.8, 4) is 0 Å². The highest BCUT2D eigenvalue weighted by Gasteiger charge is 2.46. The highest BCUT2D eigenvalue weighted by molar-refractivity contribution is 5.98. The molecule has 0 aromatic carbocycles. The van der Waals surface area contributed by atoms with Gasteiger partial charge in [-0.05, 0) is 19.8 Å². The number of carbonyl (C=O) groups excluding carboxylic acids is 1. The second kappa shape index (κ2) is 13.3. The SMILES string of the molecule is C=C(C(=O)O)C(CCCCCCOCC)(CC(=O)OCCOC)C(=O)O. The van der Waals surface area contributed by atoms with Crippen LogP contribution in [0.15, 0.2) is 12.2 Å². The molecular weight excluding hydrogens is 344 g/mol. The average Bonchev–Trinajstić information content (AvgIpc) is 2.59. The van der Waals surface area contributed by atoms with Crippen molar-refractivity contribution in [2.75, 3.05) is 33.5 Å². The van der Waals surface area contributed by atoms with Gasteiger partial charge >= 0.3 is 17.9 Å². The van der Waals surface area contributed by atoms with Crippen molar-refractivity contribution in [3.63, 3.8) is 0 Å². The van der Waals surface area contributed by atoms with Crippen LogP contribution in [0.3, 0.4) is 0 Å². The Morgan fingerprint density at radius 2 is 1.65 bits per heavy atom. The molecule has 1 unspecified atom stereocenters. The summed E-state index contributed by atoms with van der Waals surface area (Å²) in [5, 5.41) is 18.9. The molecule has 26 heavy (non-hydrogen) atoms. The highest BCUT2D eigenvalue weighted by atomic mass is 16.6. The van der Waals surface area contributed by atoms with Gasteiger partial charge in [0.25, 0.3) is 0 Å². The normalized spacial score (nSPS) is 13.0. The maximum Gasteiger partial charge on any atom is 0.332 e. The topological polar surface area (TPSA) is 119 Å². The van der Waals surface area contributed by atoms with Crippen LogP contribution in [0.1, 0.15) is 45.4 Å². The van der Waals surface area contributed by atoms with Gasteiger partial charge in [0, 0.05) is 25.9 Å². The van der Waals surface area contributed by atoms with Gasteiger partial charge in [-0.2, -0.15) is 0 Å². The van der Waals surface area contributed by atoms with Gasteiger partial charge < -0.3 is 24.4 Å². The molecule has 8 nitrogen and oxygen atoms in total. The van der Waals surface area contributed by atoms with Gasteiger partial charge in [-0.3, -0.25) is 9.59 Å². The Morgan fingerprint density at radius 1 is 1.00 bits per heavy atom. The second-order valence-electron chi connectivity index (χ2n) is 5.92. The van der Waals surface area contributed by atoms with Crippen LogP contribution in [-0.2, 0) is 28.6 Å². The number of aliphatic carboxylic acids is 2. The molecule has 0 aromatic rings. The summed E-state index contributed by atoms with van der Waals surface area (Å²) < 4.78 is 14.9. The molecule has 0 radical (unpaired) electrons. The molecule has 0 aliphatic heterocycles. The minimum absolute atomic E-state index is 0.00147. The number of unbranched alkanes of at least 4 members (excludes halogenated alkanes) is 3. The number of methoxy groups -OCH3 is 1. The summed E-state index contributed by atoms with van der Waals surface area (Å²) in [7, 11) is 1.44. The summed E-state index contributed by atoms with van der Waals surface area (Å²) in [4.78, 5) is 35.2. The summed E-state index contributed by atoms with van der Waals surface area (Å²) >= 11 is 0. The number of hydrogen-bond acceptors (Lipinski definition) is 6. The Labute approximate surface area is 154 Å². The minimum atomic E-state index is -1.88. The summed E-state index contributed by atoms with van der Waals surface area (Å²) in [6.07, 6.45) is 2.25. The largest absolute Gasteiger partial charge is 0.481 e. The van der Waals surface area contributed by atoms with E-state index in [1.54, 1.807) is 0 Å². The van der Waals surface area contributed by atoms with Crippen molar-refractivity contribution in [2.24, 2.45) is 5.41 Å². The van der Waals surface area contributed by atoms with Crippen molar-refractivity contribution in [2.45, 2.75) is 45.4 Å². The predicted molar refractivity (Wildman–Crippen MR) is 93.9 cm³/mol. The zero-order valence-corrected chi connectivity index (χ0v) is 15.6. The van der Waals surface area contributed by atoms with E-state index in [1.165, 1.54) is 7.11 Å². The maximum absolute atomic E-state index is 12.0. The first kappa shape index (κ1) is 24.1. The van der Waals surface area contributed by atoms with Crippen LogP contribution in [-0.4, -0.2) is 61.7 Å². The summed E-state index contributed by atoms with van der Waals surface area (Å²) in [6, 6.07) is 0. The minimum Gasteiger partial charge on any atom is -0.481 e. The standard InChI is InChI=1S/C18H30O8/c1-4-25-10-8-6-5-7-9-18(17(22)23,14(2)16(20)21)13-15(19)26-12-11-24-3/h2,4-13H2,1,3H3,(H,20,21)(H,22,23). The van der Waals surface area contributed by atoms with Crippen molar-refractivity contribution in [1.82, 2.24) is 0 Å². The first-order valence-electron chi connectivity index (χ1n) is 8.70. The van der Waals surface area contributed by atoms with E-state index in [4.69, 9.17) is 14.2 Å². The monoisotopic (exact) mass is 374 g/mol. The first-order chi connectivity index (χ1) is 12.3. The molecule has 0 rings (SSSR count). The van der Waals surface area contributed by atoms with E-state index in [-0.39, 0.29) is 19.6 Å². The fourth-order valence-corrected chi connectivity index (χ4v) is 2.53. The van der Waals surface area contributed by atoms with E-state index in [9.17, 15) is 24.6 Å². The molecule has 0 saturated carbocycles. The molecule has 0 amide bonds. The molecule has 8 heteroatoms. The Bertz CT molecular complexity index is 474. The fourth-order valence-electron chi connectivity index (χ4n) is 2.53. The van der Waals surface area contributed by atoms with Gasteiger partial charge in [0.15, 0.2) is 0 Å². The van der Waals surface area contributed by atoms with Crippen LogP contribution in [0.2, 0.25) is 0 Å². The molecular formula is C18H30O8. The third kappa shape index (κ3) is 8.44. The maximum atomic E-state index is 12.0. The van der Waals surface area contributed by atoms with E-state index < -0.39 is 35.3 Å². The summed E-state index contributed by atoms with van der Waals surface area (Å²) in [5.74, 6) is -3.61. The zero-order valence-electron chi connectivity index (χ0n) is 15.6. The number of carboxylic acid groups (broad SMARTS) is 2. The van der Waals surface area contributed by atoms with E-state index in [1.807, 2.05) is 6.92 Å². The molecule has 0 fully saturated rings. The van der Waals surface area contributed by atoms with Crippen molar-refractivity contribution >= 4 is 17.9 Å². The number of ether oxygens (including phenoxy) is 3. The van der Waals surface area contributed by atoms with Gasteiger partial charge in [-0.1, -0.05) is 25.8 Å². The third-order valence-corrected chi connectivity index (χ3v) is 4.09. The lowest BCUT2D eigenvalue weighted by atomic mass is 9.73. The Hall–Kier alpha value is -1.93. The van der Waals surface area contributed by atoms with E-state index in [2.05, 4.69) is 6.58 Å². The number of esters is 1. The van der Waals surface area contributed by atoms with Crippen LogP contribution < -0.4 is 0 Å². The highest BCUT2D eigenvalue weighted by Crippen LogP contribution is 2.37. The lowest BCUT2D eigenvalue weighted by Crippen LogP contribution is -2.38. The van der Waals surface area contributed by atoms with Gasteiger partial charge in [-0.15, -0.1) is 0 Å². The number of carbonyl (C=O) groups is 3. The fraction of sp³-hybridized carbons (Fsp3) is 0.722. The van der Waals surface area contributed by atoms with Crippen LogP contribution in [0.4, 0.5) is 0 Å². The molecule has 0 heterocycles. The molecule has 1 atom stereocenters. The zero-order chi connectivity index (χ0) is 20.0. The van der Waals surface area contributed by atoms with Crippen molar-refractivity contribution in [1.29, 1.82) is 0 Å². The lowest BCUT2D eigenvalue weighted by molar-refractivity contribution is -0.158. The van der Waals surface area contributed by atoms with E-state index >= 15 is 0 Å². The van der Waals surface area contributed by atoms with Gasteiger partial charge in [0.05, 0.1) is 13.0 Å². The predicted octanol–water partition coefficient (Wildman–Crippen LogP) is 2.26. The molecule has 0 aliphatic rings.